The Labute approximate surface area is 67.3 Å². The maximum atomic E-state index is 6.00. The highest BCUT2D eigenvalue weighted by molar-refractivity contribution is 5.14. The lowest BCUT2D eigenvalue weighted by Gasteiger charge is -1.93. The van der Waals surface area contributed by atoms with Crippen molar-refractivity contribution in [2.45, 2.75) is 19.8 Å². The van der Waals surface area contributed by atoms with E-state index in [1.807, 2.05) is 0 Å². The summed E-state index contributed by atoms with van der Waals surface area (Å²) in [5, 5.41) is 12.0. The fourth-order valence-electron chi connectivity index (χ4n) is 0.933. The molecular weight excluding hydrogens is 136 g/mol. The maximum absolute atomic E-state index is 6.00. The normalized spacial score (nSPS) is 7.91. The SMILES string of the molecule is CCCc1ccccc1.N#N. The molecule has 11 heavy (non-hydrogen) atoms. The molecule has 0 amide bonds. The highest BCUT2D eigenvalue weighted by Gasteiger charge is 1.84. The number of nitrogens with zero attached hydrogens (tertiary/aromatic N) is 2. The van der Waals surface area contributed by atoms with Gasteiger partial charge in [0.1, 0.15) is 0 Å². The molecule has 0 N–H and O–H groups in total. The van der Waals surface area contributed by atoms with E-state index in [1.165, 1.54) is 18.4 Å². The summed E-state index contributed by atoms with van der Waals surface area (Å²) < 4.78 is 0. The van der Waals surface area contributed by atoms with E-state index in [0.717, 1.165) is 0 Å². The standard InChI is InChI=1S/C9H12.N2/c1-2-6-9-7-4-3-5-8-9;1-2/h3-5,7-8H,2,6H2,1H3;. The van der Waals surface area contributed by atoms with Crippen LogP contribution in [-0.4, -0.2) is 0 Å². The smallest absolute Gasteiger partial charge is 0 e. The van der Waals surface area contributed by atoms with Gasteiger partial charge in [0.15, 0.2) is 0 Å². The molecule has 0 spiro atoms. The molecule has 0 aliphatic rings. The molecule has 1 rings (SSSR count). The van der Waals surface area contributed by atoms with Crippen LogP contribution in [0.3, 0.4) is 0 Å². The zero-order valence-electron chi connectivity index (χ0n) is 6.70. The summed E-state index contributed by atoms with van der Waals surface area (Å²) in [5.41, 5.74) is 1.44. The number of rotatable bonds is 2. The molecule has 0 saturated heterocycles. The van der Waals surface area contributed by atoms with Crippen molar-refractivity contribution in [3.05, 3.63) is 35.9 Å². The van der Waals surface area contributed by atoms with Crippen LogP contribution in [0.2, 0.25) is 0 Å². The largest absolute Gasteiger partial charge is 0.0651 e. The molecule has 0 unspecified atom stereocenters. The van der Waals surface area contributed by atoms with Gasteiger partial charge in [-0.2, -0.15) is 0 Å². The Balaban J connectivity index is 0.000000461. The minimum Gasteiger partial charge on any atom is -0.0651 e. The van der Waals surface area contributed by atoms with E-state index in [-0.39, 0.29) is 0 Å². The minimum absolute atomic E-state index is 1.21. The second kappa shape index (κ2) is 6.76. The fraction of sp³-hybridized carbons (Fsp3) is 0.333. The van der Waals surface area contributed by atoms with Crippen LogP contribution in [0, 0.1) is 10.8 Å². The number of aryl methyl sites for hydroxylation is 1. The zero-order chi connectivity index (χ0) is 8.53. The first-order chi connectivity index (χ1) is 5.43. The number of benzene rings is 1. The van der Waals surface area contributed by atoms with Crippen LogP contribution in [0.15, 0.2) is 30.3 Å². The third-order valence-corrected chi connectivity index (χ3v) is 1.38. The Morgan fingerprint density at radius 3 is 2.09 bits per heavy atom. The molecule has 0 aliphatic heterocycles. The maximum Gasteiger partial charge on any atom is 0 e. The van der Waals surface area contributed by atoms with Gasteiger partial charge in [-0.15, -0.1) is 0 Å². The molecule has 0 bridgehead atoms. The van der Waals surface area contributed by atoms with Gasteiger partial charge in [0.2, 0.25) is 0 Å². The van der Waals surface area contributed by atoms with E-state index in [2.05, 4.69) is 37.3 Å². The van der Waals surface area contributed by atoms with Crippen molar-refractivity contribution in [3.8, 4) is 0 Å². The number of hydrogen-bond donors (Lipinski definition) is 0. The molecule has 0 atom stereocenters. The molecular formula is C9H12N2. The highest BCUT2D eigenvalue weighted by Crippen LogP contribution is 2.00. The summed E-state index contributed by atoms with van der Waals surface area (Å²) in [4.78, 5) is 0. The van der Waals surface area contributed by atoms with Crippen molar-refractivity contribution in [3.63, 3.8) is 0 Å². The Hall–Kier alpha value is -1.36. The Morgan fingerprint density at radius 1 is 1.09 bits per heavy atom. The Kier molecular flexibility index (Phi) is 5.92. The predicted molar refractivity (Wildman–Crippen MR) is 43.9 cm³/mol. The van der Waals surface area contributed by atoms with Crippen LogP contribution in [-0.2, 0) is 6.42 Å². The molecule has 1 aromatic rings. The van der Waals surface area contributed by atoms with E-state index < -0.39 is 0 Å². The second-order valence-corrected chi connectivity index (χ2v) is 2.24. The monoisotopic (exact) mass is 148 g/mol. The Morgan fingerprint density at radius 2 is 1.64 bits per heavy atom. The van der Waals surface area contributed by atoms with Gasteiger partial charge in [-0.1, -0.05) is 43.7 Å². The lowest BCUT2D eigenvalue weighted by atomic mass is 10.1. The molecule has 2 nitrogen and oxygen atoms in total. The van der Waals surface area contributed by atoms with E-state index in [0.29, 0.717) is 0 Å². The average Bonchev–Trinajstić information content (AvgIpc) is 2.11. The van der Waals surface area contributed by atoms with Gasteiger partial charge in [-0.25, -0.2) is 0 Å². The third kappa shape index (κ3) is 4.10. The first kappa shape index (κ1) is 9.64. The lowest BCUT2D eigenvalue weighted by Crippen LogP contribution is -1.78. The Bertz CT molecular complexity index is 191. The topological polar surface area (TPSA) is 47.6 Å². The van der Waals surface area contributed by atoms with E-state index >= 15 is 0 Å². The van der Waals surface area contributed by atoms with Crippen molar-refractivity contribution in [2.24, 2.45) is 0 Å². The summed E-state index contributed by atoms with van der Waals surface area (Å²) in [6.45, 7) is 2.20. The van der Waals surface area contributed by atoms with Crippen molar-refractivity contribution < 1.29 is 0 Å². The summed E-state index contributed by atoms with van der Waals surface area (Å²) in [5.74, 6) is 0. The average molecular weight is 148 g/mol. The second-order valence-electron chi connectivity index (χ2n) is 2.24. The van der Waals surface area contributed by atoms with Crippen LogP contribution in [0.5, 0.6) is 0 Å². The van der Waals surface area contributed by atoms with Gasteiger partial charge < -0.3 is 0 Å². The lowest BCUT2D eigenvalue weighted by molar-refractivity contribution is 0.922. The molecule has 2 heteroatoms. The summed E-state index contributed by atoms with van der Waals surface area (Å²) in [6, 6.07) is 10.6. The first-order valence-corrected chi connectivity index (χ1v) is 3.67. The molecule has 0 radical (unpaired) electrons. The van der Waals surface area contributed by atoms with Crippen LogP contribution in [0.1, 0.15) is 18.9 Å². The third-order valence-electron chi connectivity index (χ3n) is 1.38. The summed E-state index contributed by atoms with van der Waals surface area (Å²) in [6.07, 6.45) is 2.45. The van der Waals surface area contributed by atoms with Gasteiger partial charge in [0, 0.05) is 10.8 Å². The molecule has 0 aliphatic carbocycles. The molecule has 58 valence electrons. The van der Waals surface area contributed by atoms with Crippen molar-refractivity contribution in [2.75, 3.05) is 0 Å². The van der Waals surface area contributed by atoms with Gasteiger partial charge >= 0.3 is 0 Å². The van der Waals surface area contributed by atoms with E-state index in [1.54, 1.807) is 0 Å². The van der Waals surface area contributed by atoms with Crippen LogP contribution >= 0.6 is 0 Å². The highest BCUT2D eigenvalue weighted by atomic mass is 14.6. The van der Waals surface area contributed by atoms with Crippen molar-refractivity contribution in [1.82, 2.24) is 0 Å². The van der Waals surface area contributed by atoms with Gasteiger partial charge in [-0.3, -0.25) is 0 Å². The zero-order valence-corrected chi connectivity index (χ0v) is 6.70. The number of hydrogen-bond acceptors (Lipinski definition) is 2. The summed E-state index contributed by atoms with van der Waals surface area (Å²) in [7, 11) is 0. The minimum atomic E-state index is 1.21. The fourth-order valence-corrected chi connectivity index (χ4v) is 0.933. The van der Waals surface area contributed by atoms with Gasteiger partial charge in [-0.05, 0) is 12.0 Å². The van der Waals surface area contributed by atoms with Gasteiger partial charge in [0.05, 0.1) is 0 Å². The quantitative estimate of drug-likeness (QED) is 0.605. The first-order valence-electron chi connectivity index (χ1n) is 3.67. The van der Waals surface area contributed by atoms with E-state index in [4.69, 9.17) is 10.8 Å². The van der Waals surface area contributed by atoms with Crippen LogP contribution in [0.25, 0.3) is 0 Å². The molecule has 1 aromatic carbocycles. The molecule has 0 aromatic heterocycles. The molecule has 0 fully saturated rings. The van der Waals surface area contributed by atoms with Crippen molar-refractivity contribution >= 4 is 0 Å². The predicted octanol–water partition coefficient (Wildman–Crippen LogP) is 2.67. The van der Waals surface area contributed by atoms with Gasteiger partial charge in [0.25, 0.3) is 0 Å². The molecule has 0 heterocycles. The van der Waals surface area contributed by atoms with Crippen LogP contribution in [0.4, 0.5) is 0 Å². The van der Waals surface area contributed by atoms with E-state index in [9.17, 15) is 0 Å². The molecule has 0 saturated carbocycles. The summed E-state index contributed by atoms with van der Waals surface area (Å²) >= 11 is 0. The van der Waals surface area contributed by atoms with Crippen LogP contribution < -0.4 is 0 Å². The van der Waals surface area contributed by atoms with Crippen molar-refractivity contribution in [1.29, 1.82) is 10.8 Å².